The van der Waals surface area contributed by atoms with E-state index >= 15 is 0 Å². The molecule has 2 unspecified atom stereocenters. The number of amides is 1. The van der Waals surface area contributed by atoms with Crippen LogP contribution in [0.1, 0.15) is 75.5 Å². The number of hydrogen-bond acceptors (Lipinski definition) is 3. The molecule has 1 aromatic rings. The molecule has 0 spiro atoms. The van der Waals surface area contributed by atoms with Crippen LogP contribution >= 0.6 is 0 Å². The van der Waals surface area contributed by atoms with Crippen LogP contribution < -0.4 is 5.32 Å². The van der Waals surface area contributed by atoms with E-state index in [1.807, 2.05) is 0 Å². The van der Waals surface area contributed by atoms with E-state index in [2.05, 4.69) is 43.4 Å². The molecule has 0 aromatic heterocycles. The van der Waals surface area contributed by atoms with Crippen LogP contribution in [0.25, 0.3) is 0 Å². The second kappa shape index (κ2) is 8.12. The third-order valence-corrected chi connectivity index (χ3v) is 7.71. The molecule has 1 N–H and O–H groups in total. The Kier molecular flexibility index (Phi) is 6.06. The van der Waals surface area contributed by atoms with Crippen molar-refractivity contribution >= 4 is 15.7 Å². The van der Waals surface area contributed by atoms with E-state index in [4.69, 9.17) is 0 Å². The van der Waals surface area contributed by atoms with Crippen molar-refractivity contribution in [3.63, 3.8) is 0 Å². The van der Waals surface area contributed by atoms with Gasteiger partial charge in [-0.1, -0.05) is 57.4 Å². The van der Waals surface area contributed by atoms with Gasteiger partial charge in [-0.15, -0.1) is 0 Å². The predicted octanol–water partition coefficient (Wildman–Crippen LogP) is 3.98. The molecule has 0 radical (unpaired) electrons. The van der Waals surface area contributed by atoms with Gasteiger partial charge in [0.05, 0.1) is 23.5 Å². The molecule has 144 valence electrons. The van der Waals surface area contributed by atoms with E-state index in [1.54, 1.807) is 0 Å². The maximum Gasteiger partial charge on any atom is 0.224 e. The predicted molar refractivity (Wildman–Crippen MR) is 105 cm³/mol. The van der Waals surface area contributed by atoms with Crippen molar-refractivity contribution in [3.8, 4) is 0 Å². The second-order valence-electron chi connectivity index (χ2n) is 8.33. The highest BCUT2D eigenvalue weighted by Gasteiger charge is 2.34. The van der Waals surface area contributed by atoms with E-state index in [-0.39, 0.29) is 29.4 Å². The Labute approximate surface area is 157 Å². The number of rotatable bonds is 5. The molecule has 1 aliphatic heterocycles. The zero-order valence-corrected chi connectivity index (χ0v) is 16.7. The minimum absolute atomic E-state index is 0.00966. The van der Waals surface area contributed by atoms with Crippen LogP contribution in [0.3, 0.4) is 0 Å². The first kappa shape index (κ1) is 19.4. The van der Waals surface area contributed by atoms with Gasteiger partial charge in [0.25, 0.3) is 0 Å². The van der Waals surface area contributed by atoms with Crippen molar-refractivity contribution < 1.29 is 13.2 Å². The molecule has 0 bridgehead atoms. The molecule has 1 heterocycles. The fourth-order valence-electron chi connectivity index (χ4n) is 4.32. The molecule has 1 aliphatic carbocycles. The largest absolute Gasteiger partial charge is 0.349 e. The number of nitrogens with one attached hydrogen (secondary N) is 1. The monoisotopic (exact) mass is 377 g/mol. The molecule has 4 nitrogen and oxygen atoms in total. The lowest BCUT2D eigenvalue weighted by molar-refractivity contribution is -0.125. The number of carbonyl (C=O) groups is 1. The van der Waals surface area contributed by atoms with Crippen molar-refractivity contribution in [2.75, 3.05) is 11.5 Å². The van der Waals surface area contributed by atoms with Gasteiger partial charge < -0.3 is 5.32 Å². The number of carbonyl (C=O) groups excluding carboxylic acids is 1. The van der Waals surface area contributed by atoms with Gasteiger partial charge in [-0.3, -0.25) is 4.79 Å². The Morgan fingerprint density at radius 1 is 1.04 bits per heavy atom. The lowest BCUT2D eigenvalue weighted by Crippen LogP contribution is -2.36. The van der Waals surface area contributed by atoms with Crippen LogP contribution in [0, 0.1) is 11.8 Å². The maximum atomic E-state index is 12.6. The Morgan fingerprint density at radius 3 is 2.23 bits per heavy atom. The standard InChI is InChI=1S/C21H31NO3S/c1-15(2)20(22-21(23)19-12-13-26(24,25)14-19)18-10-8-17(9-11-18)16-6-4-3-5-7-16/h8-11,15-16,19-20H,3-7,12-14H2,1-2H3,(H,22,23). The van der Waals surface area contributed by atoms with E-state index < -0.39 is 15.8 Å². The summed E-state index contributed by atoms with van der Waals surface area (Å²) in [5.74, 6) is 0.521. The zero-order chi connectivity index (χ0) is 18.7. The van der Waals surface area contributed by atoms with Gasteiger partial charge in [0.15, 0.2) is 9.84 Å². The fourth-order valence-corrected chi connectivity index (χ4v) is 6.06. The van der Waals surface area contributed by atoms with Crippen molar-refractivity contribution in [1.29, 1.82) is 0 Å². The first-order chi connectivity index (χ1) is 12.4. The summed E-state index contributed by atoms with van der Waals surface area (Å²) >= 11 is 0. The maximum absolute atomic E-state index is 12.6. The summed E-state index contributed by atoms with van der Waals surface area (Å²) in [6.45, 7) is 4.18. The molecule has 1 saturated carbocycles. The first-order valence-corrected chi connectivity index (χ1v) is 11.8. The summed E-state index contributed by atoms with van der Waals surface area (Å²) in [6.07, 6.45) is 7.00. The molecular formula is C21H31NO3S. The summed E-state index contributed by atoms with van der Waals surface area (Å²) in [4.78, 5) is 12.6. The molecule has 2 atom stereocenters. The Morgan fingerprint density at radius 2 is 1.69 bits per heavy atom. The van der Waals surface area contributed by atoms with Crippen LogP contribution in [-0.2, 0) is 14.6 Å². The van der Waals surface area contributed by atoms with Crippen LogP contribution in [0.15, 0.2) is 24.3 Å². The van der Waals surface area contributed by atoms with Crippen molar-refractivity contribution in [1.82, 2.24) is 5.32 Å². The van der Waals surface area contributed by atoms with Gasteiger partial charge in [0.2, 0.25) is 5.91 Å². The van der Waals surface area contributed by atoms with E-state index in [0.717, 1.165) is 5.56 Å². The summed E-state index contributed by atoms with van der Waals surface area (Å²) in [5, 5.41) is 3.11. The van der Waals surface area contributed by atoms with Gasteiger partial charge >= 0.3 is 0 Å². The Bertz CT molecular complexity index is 718. The quantitative estimate of drug-likeness (QED) is 0.844. The Balaban J connectivity index is 1.68. The molecule has 2 fully saturated rings. The molecule has 1 saturated heterocycles. The molecule has 1 aromatic carbocycles. The second-order valence-corrected chi connectivity index (χ2v) is 10.6. The summed E-state index contributed by atoms with van der Waals surface area (Å²) in [7, 11) is -3.04. The van der Waals surface area contributed by atoms with E-state index in [0.29, 0.717) is 12.3 Å². The fraction of sp³-hybridized carbons (Fsp3) is 0.667. The summed E-state index contributed by atoms with van der Waals surface area (Å²) < 4.78 is 23.3. The highest BCUT2D eigenvalue weighted by molar-refractivity contribution is 7.91. The minimum atomic E-state index is -3.04. The van der Waals surface area contributed by atoms with Crippen molar-refractivity contribution in [2.24, 2.45) is 11.8 Å². The Hall–Kier alpha value is -1.36. The van der Waals surface area contributed by atoms with Gasteiger partial charge in [-0.2, -0.15) is 0 Å². The first-order valence-electron chi connectivity index (χ1n) is 9.96. The van der Waals surface area contributed by atoms with Gasteiger partial charge in [0.1, 0.15) is 0 Å². The number of benzene rings is 1. The normalized spacial score (nSPS) is 24.5. The van der Waals surface area contributed by atoms with Crippen LogP contribution in [0.4, 0.5) is 0 Å². The van der Waals surface area contributed by atoms with Gasteiger partial charge in [-0.25, -0.2) is 8.42 Å². The summed E-state index contributed by atoms with van der Waals surface area (Å²) in [6, 6.07) is 8.63. The van der Waals surface area contributed by atoms with Crippen molar-refractivity contribution in [2.45, 2.75) is 64.3 Å². The van der Waals surface area contributed by atoms with Crippen molar-refractivity contribution in [3.05, 3.63) is 35.4 Å². The molecule has 26 heavy (non-hydrogen) atoms. The van der Waals surface area contributed by atoms with Crippen LogP contribution in [0.2, 0.25) is 0 Å². The molecule has 5 heteroatoms. The highest BCUT2D eigenvalue weighted by atomic mass is 32.2. The third-order valence-electron chi connectivity index (χ3n) is 5.94. The average Bonchev–Trinajstić information content (AvgIpc) is 3.00. The average molecular weight is 378 g/mol. The zero-order valence-electron chi connectivity index (χ0n) is 15.9. The number of hydrogen-bond donors (Lipinski definition) is 1. The van der Waals surface area contributed by atoms with Crippen LogP contribution in [-0.4, -0.2) is 25.8 Å². The third kappa shape index (κ3) is 4.67. The molecular weight excluding hydrogens is 346 g/mol. The van der Waals surface area contributed by atoms with Crippen LogP contribution in [0.5, 0.6) is 0 Å². The topological polar surface area (TPSA) is 63.2 Å². The van der Waals surface area contributed by atoms with Gasteiger partial charge in [-0.05, 0) is 42.2 Å². The lowest BCUT2D eigenvalue weighted by Gasteiger charge is -2.26. The summed E-state index contributed by atoms with van der Waals surface area (Å²) in [5.41, 5.74) is 2.51. The number of sulfone groups is 1. The molecule has 3 rings (SSSR count). The lowest BCUT2D eigenvalue weighted by atomic mass is 9.83. The van der Waals surface area contributed by atoms with Gasteiger partial charge in [0, 0.05) is 0 Å². The SMILES string of the molecule is CC(C)C(NC(=O)C1CCS(=O)(=O)C1)c1ccc(C2CCCCC2)cc1. The van der Waals surface area contributed by atoms with E-state index in [1.165, 1.54) is 37.7 Å². The molecule has 2 aliphatic rings. The minimum Gasteiger partial charge on any atom is -0.349 e. The smallest absolute Gasteiger partial charge is 0.224 e. The highest BCUT2D eigenvalue weighted by Crippen LogP contribution is 2.33. The van der Waals surface area contributed by atoms with E-state index in [9.17, 15) is 13.2 Å². The molecule has 1 amide bonds.